The van der Waals surface area contributed by atoms with Gasteiger partial charge in [0, 0.05) is 28.9 Å². The highest BCUT2D eigenvalue weighted by Crippen LogP contribution is 2.51. The van der Waals surface area contributed by atoms with Crippen LogP contribution in [0.1, 0.15) is 57.6 Å². The lowest BCUT2D eigenvalue weighted by atomic mass is 9.77. The number of halogens is 1. The van der Waals surface area contributed by atoms with Crippen LogP contribution in [-0.4, -0.2) is 7.05 Å². The van der Waals surface area contributed by atoms with Gasteiger partial charge in [-0.25, -0.2) is 0 Å². The van der Waals surface area contributed by atoms with Crippen LogP contribution in [0.2, 0.25) is 5.02 Å². The van der Waals surface area contributed by atoms with Crippen LogP contribution in [0.4, 0.5) is 5.69 Å². The van der Waals surface area contributed by atoms with E-state index in [-0.39, 0.29) is 5.41 Å². The maximum absolute atomic E-state index is 6.53. The summed E-state index contributed by atoms with van der Waals surface area (Å²) in [6.45, 7) is 15.1. The topological polar surface area (TPSA) is 3.24 Å². The van der Waals surface area contributed by atoms with Gasteiger partial charge in [-0.2, -0.15) is 0 Å². The molecule has 1 unspecified atom stereocenters. The molecule has 0 bridgehead atoms. The van der Waals surface area contributed by atoms with Gasteiger partial charge in [0.25, 0.3) is 0 Å². The molecule has 1 nitrogen and oxygen atoms in total. The minimum absolute atomic E-state index is 0.00416. The van der Waals surface area contributed by atoms with Crippen LogP contribution in [0.25, 0.3) is 5.57 Å². The number of fused-ring (bicyclic) bond motifs is 1. The maximum Gasteiger partial charge on any atom is 0.0485 e. The minimum atomic E-state index is -0.00416. The standard InChI is InChI=1S/C19H26ClN/c1-7-9-10-19(5)14(4)21(6)18-11-15(13(3)8-2)17(20)12-16(18)19/h11-12H,3-4,7-10H2,1-2,5-6H3. The number of anilines is 1. The fraction of sp³-hybridized carbons (Fsp3) is 0.474. The number of likely N-dealkylation sites (N-methyl/N-ethyl adjacent to an activating group) is 1. The molecule has 1 atom stereocenters. The van der Waals surface area contributed by atoms with E-state index in [9.17, 15) is 0 Å². The highest BCUT2D eigenvalue weighted by molar-refractivity contribution is 6.32. The van der Waals surface area contributed by atoms with Gasteiger partial charge in [-0.1, -0.05) is 51.4 Å². The van der Waals surface area contributed by atoms with Gasteiger partial charge >= 0.3 is 0 Å². The Kier molecular flexibility index (Phi) is 4.53. The van der Waals surface area contributed by atoms with Gasteiger partial charge in [-0.05, 0) is 48.6 Å². The first-order valence-electron chi connectivity index (χ1n) is 7.82. The highest BCUT2D eigenvalue weighted by Gasteiger charge is 2.41. The molecule has 0 aromatic heterocycles. The molecular formula is C19H26ClN. The maximum atomic E-state index is 6.53. The molecule has 0 N–H and O–H groups in total. The molecule has 2 heteroatoms. The minimum Gasteiger partial charge on any atom is -0.348 e. The second kappa shape index (κ2) is 5.88. The fourth-order valence-corrected chi connectivity index (χ4v) is 3.52. The van der Waals surface area contributed by atoms with E-state index >= 15 is 0 Å². The first kappa shape index (κ1) is 16.2. The summed E-state index contributed by atoms with van der Waals surface area (Å²) in [4.78, 5) is 2.22. The highest BCUT2D eigenvalue weighted by atomic mass is 35.5. The first-order valence-corrected chi connectivity index (χ1v) is 8.19. The molecule has 0 saturated heterocycles. The van der Waals surface area contributed by atoms with Crippen LogP contribution in [0.15, 0.2) is 31.0 Å². The molecule has 0 amide bonds. The van der Waals surface area contributed by atoms with E-state index in [0.29, 0.717) is 0 Å². The summed E-state index contributed by atoms with van der Waals surface area (Å²) in [5.41, 5.74) is 5.85. The van der Waals surface area contributed by atoms with Gasteiger partial charge in [0.05, 0.1) is 0 Å². The molecule has 2 rings (SSSR count). The quantitative estimate of drug-likeness (QED) is 0.628. The van der Waals surface area contributed by atoms with E-state index in [4.69, 9.17) is 11.6 Å². The molecule has 1 aliphatic rings. The predicted molar refractivity (Wildman–Crippen MR) is 95.2 cm³/mol. The molecular weight excluding hydrogens is 278 g/mol. The average molecular weight is 304 g/mol. The van der Waals surface area contributed by atoms with Gasteiger partial charge < -0.3 is 4.90 Å². The third-order valence-corrected chi connectivity index (χ3v) is 5.23. The molecule has 21 heavy (non-hydrogen) atoms. The van der Waals surface area contributed by atoms with E-state index in [1.165, 1.54) is 29.8 Å². The smallest absolute Gasteiger partial charge is 0.0485 e. The second-order valence-corrected chi connectivity index (χ2v) is 6.65. The lowest BCUT2D eigenvalue weighted by Crippen LogP contribution is -2.25. The molecule has 0 saturated carbocycles. The monoisotopic (exact) mass is 303 g/mol. The number of hydrogen-bond donors (Lipinski definition) is 0. The van der Waals surface area contributed by atoms with Gasteiger partial charge in [-0.3, -0.25) is 0 Å². The Bertz CT molecular complexity index is 587. The summed E-state index contributed by atoms with van der Waals surface area (Å²) in [5, 5.41) is 0.812. The zero-order valence-electron chi connectivity index (χ0n) is 13.7. The molecule has 1 aromatic carbocycles. The van der Waals surface area contributed by atoms with Crippen molar-refractivity contribution in [3.8, 4) is 0 Å². The van der Waals surface area contributed by atoms with Crippen molar-refractivity contribution in [2.75, 3.05) is 11.9 Å². The molecule has 1 aliphatic heterocycles. The molecule has 0 spiro atoms. The van der Waals surface area contributed by atoms with E-state index < -0.39 is 0 Å². The Morgan fingerprint density at radius 2 is 2.00 bits per heavy atom. The third kappa shape index (κ3) is 2.53. The number of nitrogens with zero attached hydrogens (tertiary/aromatic N) is 1. The van der Waals surface area contributed by atoms with Gasteiger partial charge in [0.2, 0.25) is 0 Å². The van der Waals surface area contributed by atoms with E-state index in [0.717, 1.165) is 29.0 Å². The van der Waals surface area contributed by atoms with Gasteiger partial charge in [0.1, 0.15) is 0 Å². The largest absolute Gasteiger partial charge is 0.348 e. The summed E-state index contributed by atoms with van der Waals surface area (Å²) in [5.74, 6) is 0. The van der Waals surface area contributed by atoms with Crippen LogP contribution in [0.5, 0.6) is 0 Å². The van der Waals surface area contributed by atoms with Crippen molar-refractivity contribution in [2.45, 2.75) is 51.9 Å². The molecule has 0 radical (unpaired) electrons. The Morgan fingerprint density at radius 1 is 1.33 bits per heavy atom. The second-order valence-electron chi connectivity index (χ2n) is 6.25. The molecule has 0 fully saturated rings. The Balaban J connectivity index is 2.56. The fourth-order valence-electron chi connectivity index (χ4n) is 3.22. The summed E-state index contributed by atoms with van der Waals surface area (Å²) < 4.78 is 0. The zero-order chi connectivity index (χ0) is 15.8. The SMILES string of the molecule is C=C(CC)c1cc2c(cc1Cl)C(C)(CCCC)C(=C)N2C. The van der Waals surface area contributed by atoms with E-state index in [2.05, 4.69) is 58.0 Å². The van der Waals surface area contributed by atoms with E-state index in [1.807, 2.05) is 0 Å². The van der Waals surface area contributed by atoms with Crippen molar-refractivity contribution < 1.29 is 0 Å². The normalized spacial score (nSPS) is 20.8. The number of benzene rings is 1. The van der Waals surface area contributed by atoms with Crippen LogP contribution in [-0.2, 0) is 5.41 Å². The van der Waals surface area contributed by atoms with Crippen molar-refractivity contribution in [1.29, 1.82) is 0 Å². The van der Waals surface area contributed by atoms with Gasteiger partial charge in [0.15, 0.2) is 0 Å². The lowest BCUT2D eigenvalue weighted by molar-refractivity contribution is 0.495. The Morgan fingerprint density at radius 3 is 2.57 bits per heavy atom. The molecule has 0 aliphatic carbocycles. The molecule has 114 valence electrons. The van der Waals surface area contributed by atoms with Crippen LogP contribution >= 0.6 is 11.6 Å². The Hall–Kier alpha value is -1.21. The number of unbranched alkanes of at least 4 members (excludes halogenated alkanes) is 1. The van der Waals surface area contributed by atoms with Crippen molar-refractivity contribution in [2.24, 2.45) is 0 Å². The summed E-state index contributed by atoms with van der Waals surface area (Å²) in [6.07, 6.45) is 4.42. The summed E-state index contributed by atoms with van der Waals surface area (Å²) in [6, 6.07) is 4.32. The third-order valence-electron chi connectivity index (χ3n) is 4.92. The van der Waals surface area contributed by atoms with Crippen molar-refractivity contribution in [1.82, 2.24) is 0 Å². The number of hydrogen-bond acceptors (Lipinski definition) is 1. The van der Waals surface area contributed by atoms with Crippen molar-refractivity contribution in [3.05, 3.63) is 47.1 Å². The van der Waals surface area contributed by atoms with E-state index in [1.54, 1.807) is 0 Å². The van der Waals surface area contributed by atoms with Crippen molar-refractivity contribution >= 4 is 22.9 Å². The summed E-state index contributed by atoms with van der Waals surface area (Å²) in [7, 11) is 2.10. The van der Waals surface area contributed by atoms with Crippen LogP contribution < -0.4 is 4.90 Å². The summed E-state index contributed by atoms with van der Waals surface area (Å²) >= 11 is 6.53. The zero-order valence-corrected chi connectivity index (χ0v) is 14.5. The van der Waals surface area contributed by atoms with Crippen LogP contribution in [0.3, 0.4) is 0 Å². The van der Waals surface area contributed by atoms with Crippen molar-refractivity contribution in [3.63, 3.8) is 0 Å². The van der Waals surface area contributed by atoms with Crippen LogP contribution in [0, 0.1) is 0 Å². The Labute approximate surface area is 134 Å². The first-order chi connectivity index (χ1) is 9.86. The average Bonchev–Trinajstić information content (AvgIpc) is 2.66. The number of rotatable bonds is 5. The van der Waals surface area contributed by atoms with Gasteiger partial charge in [-0.15, -0.1) is 0 Å². The molecule has 1 aromatic rings. The predicted octanol–water partition coefficient (Wildman–Crippen LogP) is 6.17. The lowest BCUT2D eigenvalue weighted by Gasteiger charge is -2.27. The molecule has 1 heterocycles. The number of allylic oxidation sites excluding steroid dienone is 2.